The number of alkyl halides is 1. The first kappa shape index (κ1) is 61.6. The molecule has 0 heterocycles. The third-order valence-electron chi connectivity index (χ3n) is 1.37. The van der Waals surface area contributed by atoms with Crippen LogP contribution in [0.3, 0.4) is 0 Å². The summed E-state index contributed by atoms with van der Waals surface area (Å²) in [5.41, 5.74) is 0. The summed E-state index contributed by atoms with van der Waals surface area (Å²) in [6, 6.07) is 0. The molecule has 0 aliphatic rings. The third kappa shape index (κ3) is 25.5. The molecular formula is CH3I35. The summed E-state index contributed by atoms with van der Waals surface area (Å²) < 4.78 is 0. The van der Waals surface area contributed by atoms with Crippen LogP contribution in [0.25, 0.3) is 0 Å². The fourth-order valence-electron chi connectivity index (χ4n) is 0.488. The van der Waals surface area contributed by atoms with Crippen molar-refractivity contribution in [3.63, 3.8) is 0 Å². The molecule has 0 aliphatic heterocycles. The molecule has 0 bridgehead atoms. The first-order valence-corrected chi connectivity index (χ1v) is 221. The normalized spacial score (nSPS) is 18.6. The zero-order valence-corrected chi connectivity index (χ0v) is 89.7. The van der Waals surface area contributed by atoms with Crippen molar-refractivity contribution in [1.82, 2.24) is 0 Å². The van der Waals surface area contributed by atoms with Crippen LogP contribution < -0.4 is 0 Å². The average Bonchev–Trinajstić information content (AvgIpc) is 2.85. The Labute approximate surface area is 450 Å². The molecule has 0 aromatic heterocycles. The zero-order valence-electron chi connectivity index (χ0n) is 14.2. The van der Waals surface area contributed by atoms with Crippen molar-refractivity contribution >= 4 is 473 Å². The topological polar surface area (TPSA) is 0 Å². The summed E-state index contributed by atoms with van der Waals surface area (Å²) >= 11 is 57.3. The zero-order chi connectivity index (χ0) is 28.8. The van der Waals surface area contributed by atoms with Gasteiger partial charge in [0.05, 0.1) is 0 Å². The van der Waals surface area contributed by atoms with E-state index in [-0.39, 0.29) is 0 Å². The molecule has 0 nitrogen and oxygen atoms in total. The predicted molar refractivity (Wildman–Crippen MR) is 497 cm³/mol. The van der Waals surface area contributed by atoms with Crippen LogP contribution in [0.1, 0.15) is 0 Å². The van der Waals surface area contributed by atoms with Gasteiger partial charge in [-0.15, -0.1) is 0 Å². The van der Waals surface area contributed by atoms with E-state index in [9.17, 15) is 0 Å². The molecule has 0 fully saturated rings. The van der Waals surface area contributed by atoms with Crippen molar-refractivity contribution in [2.45, 2.75) is 0 Å². The molecule has 0 radical (unpaired) electrons. The Kier molecular flexibility index (Phi) is 62.6. The molecule has 0 saturated heterocycles. The van der Waals surface area contributed by atoms with E-state index in [1.807, 2.05) is 0 Å². The van der Waals surface area contributed by atoms with E-state index in [0.29, 0.717) is 0 Å². The van der Waals surface area contributed by atoms with Crippen molar-refractivity contribution in [2.24, 2.45) is 0 Å². The molecule has 0 atom stereocenters. The van der Waals surface area contributed by atoms with E-state index in [0.717, 1.165) is 0 Å². The Morgan fingerprint density at radius 1 is 0.222 bits per heavy atom. The van der Waals surface area contributed by atoms with Crippen molar-refractivity contribution < 1.29 is 0 Å². The molecule has 0 N–H and O–H groups in total. The van der Waals surface area contributed by atoms with E-state index >= 15 is 0 Å². The maximum absolute atomic E-state index is 3.32. The van der Waals surface area contributed by atoms with Gasteiger partial charge in [0.25, 0.3) is 0 Å². The van der Waals surface area contributed by atoms with Crippen LogP contribution in [0.4, 0.5) is 0 Å². The Hall–Kier alpha value is 25.6. The van der Waals surface area contributed by atoms with E-state index in [1.54, 1.807) is 0 Å². The summed E-state index contributed by atoms with van der Waals surface area (Å²) in [5, 5.41) is 0. The number of halogens is 35. The first-order valence-electron chi connectivity index (χ1n) is 5.24. The maximum atomic E-state index is 3.32. The Morgan fingerprint density at radius 2 is 0.361 bits per heavy atom. The van der Waals surface area contributed by atoms with Crippen molar-refractivity contribution in [3.8, 4) is 0 Å². The van der Waals surface area contributed by atoms with Gasteiger partial charge in [-0.3, -0.25) is 0 Å². The third-order valence-corrected chi connectivity index (χ3v) is 2590. The summed E-state index contributed by atoms with van der Waals surface area (Å²) in [6.45, 7) is 0. The quantitative estimate of drug-likeness (QED) is 0.107. The minimum absolute atomic E-state index is 0.430. The molecule has 36 heavy (non-hydrogen) atoms. The monoisotopic (exact) mass is 4460 g/mol. The van der Waals surface area contributed by atoms with Gasteiger partial charge in [-0.05, 0) is 0 Å². The first-order chi connectivity index (χ1) is 16.3. The summed E-state index contributed by atoms with van der Waals surface area (Å²) in [6.07, 6.45) is 0. The van der Waals surface area contributed by atoms with E-state index in [1.165, 1.54) is 0 Å². The molecule has 0 aromatic rings. The van der Waals surface area contributed by atoms with Crippen molar-refractivity contribution in [1.29, 1.82) is 0 Å². The molecular weight excluding hydrogens is 4450 g/mol. The minimum atomic E-state index is -0.521. The molecule has 0 saturated carbocycles. The van der Waals surface area contributed by atoms with Gasteiger partial charge in [-0.2, -0.15) is 0 Å². The molecule has 252 valence electrons. The SMILES string of the molecule is CI(I)I(I)I(I)I(I)I(I)I(I)I(I)I(I)I(I)I(I)I(I)I(I)I(I)I(I)I(I)I(I)I(I)I. The van der Waals surface area contributed by atoms with Crippen LogP contribution in [0.5, 0.6) is 0 Å². The average molecular weight is 4460 g/mol. The second kappa shape index (κ2) is 36.6. The van der Waals surface area contributed by atoms with E-state index in [4.69, 9.17) is 0 Å². The van der Waals surface area contributed by atoms with Crippen LogP contribution in [-0.2, 0) is 0 Å². The van der Waals surface area contributed by atoms with Gasteiger partial charge in [0, 0.05) is 0 Å². The Morgan fingerprint density at radius 3 is 0.500 bits per heavy atom. The van der Waals surface area contributed by atoms with Gasteiger partial charge in [-0.25, -0.2) is 0 Å². The second-order valence-corrected chi connectivity index (χ2v) is 812. The van der Waals surface area contributed by atoms with Gasteiger partial charge < -0.3 is 0 Å². The predicted octanol–water partition coefficient (Wildman–Crippen LogP) is 31.2. The number of hydrogen-bond donors (Lipinski definition) is 0. The van der Waals surface area contributed by atoms with Crippen LogP contribution in [0, 0.1) is 0 Å². The molecule has 0 unspecified atom stereocenters. The number of hydrogen-bond acceptors (Lipinski definition) is 0. The second-order valence-electron chi connectivity index (χ2n) is 2.93. The van der Waals surface area contributed by atoms with Gasteiger partial charge >= 0.3 is 478 Å². The van der Waals surface area contributed by atoms with Gasteiger partial charge in [-0.1, -0.05) is 0 Å². The molecule has 35 heteroatoms. The Bertz CT molecular complexity index is 531. The Balaban J connectivity index is 5.33. The van der Waals surface area contributed by atoms with Crippen molar-refractivity contribution in [3.05, 3.63) is 0 Å². The van der Waals surface area contributed by atoms with Crippen LogP contribution in [0.15, 0.2) is 0 Å². The fraction of sp³-hybridized carbons (Fsp3) is 1.00. The summed E-state index contributed by atoms with van der Waals surface area (Å²) in [5.74, 6) is 0. The number of rotatable bonds is 16. The molecule has 0 aromatic carbocycles. The van der Waals surface area contributed by atoms with Crippen LogP contribution in [-0.4, -0.2) is 4.93 Å². The molecule has 0 spiro atoms. The molecule has 0 aliphatic carbocycles. The van der Waals surface area contributed by atoms with Crippen LogP contribution >= 0.6 is 473 Å². The van der Waals surface area contributed by atoms with Gasteiger partial charge in [0.1, 0.15) is 0 Å². The van der Waals surface area contributed by atoms with E-state index < -0.39 is 138 Å². The van der Waals surface area contributed by atoms with E-state index in [2.05, 4.69) is 340 Å². The molecule has 0 amide bonds. The standard InChI is InChI=1S/CH3I35/c1-20(2)22(5)24(7)26(9)28(11)30(13)32(15)34(17)36(19)35(18)33(16)31(14)29(12)27(10)25(8)23(6)21(3)4/h1H3. The summed E-state index contributed by atoms with van der Waals surface area (Å²) in [4.78, 5) is 2.72. The van der Waals surface area contributed by atoms with Gasteiger partial charge in [0.15, 0.2) is 0 Å². The van der Waals surface area contributed by atoms with Crippen molar-refractivity contribution in [2.75, 3.05) is 4.93 Å². The van der Waals surface area contributed by atoms with Crippen LogP contribution in [0.2, 0.25) is 0 Å². The summed E-state index contributed by atoms with van der Waals surface area (Å²) in [7, 11) is -7.81. The fourth-order valence-corrected chi connectivity index (χ4v) is 6160. The molecule has 0 rings (SSSR count). The van der Waals surface area contributed by atoms with Gasteiger partial charge in [0.2, 0.25) is 0 Å².